The molecule has 2 heteroatoms. The zero-order valence-electron chi connectivity index (χ0n) is 9.95. The van der Waals surface area contributed by atoms with Crippen LogP contribution >= 0.6 is 11.3 Å². The van der Waals surface area contributed by atoms with Gasteiger partial charge in [0.25, 0.3) is 0 Å². The summed E-state index contributed by atoms with van der Waals surface area (Å²) in [6.45, 7) is 4.34. The van der Waals surface area contributed by atoms with Gasteiger partial charge in [-0.1, -0.05) is 24.3 Å². The smallest absolute Gasteiger partial charge is 0.0295 e. The molecule has 1 aromatic heterocycles. The average Bonchev–Trinajstić information content (AvgIpc) is 2.75. The van der Waals surface area contributed by atoms with Crippen LogP contribution in [-0.4, -0.2) is 7.05 Å². The fourth-order valence-electron chi connectivity index (χ4n) is 1.88. The molecule has 2 aromatic rings. The van der Waals surface area contributed by atoms with E-state index in [1.807, 2.05) is 7.05 Å². The van der Waals surface area contributed by atoms with Crippen LogP contribution in [0, 0.1) is 6.92 Å². The number of benzene rings is 1. The fourth-order valence-corrected chi connectivity index (χ4v) is 2.58. The average molecular weight is 231 g/mol. The third kappa shape index (κ3) is 2.18. The normalized spacial score (nSPS) is 12.7. The van der Waals surface area contributed by atoms with Crippen molar-refractivity contribution in [2.24, 2.45) is 0 Å². The summed E-state index contributed by atoms with van der Waals surface area (Å²) in [6.07, 6.45) is 0. The van der Waals surface area contributed by atoms with E-state index in [0.29, 0.717) is 6.04 Å². The van der Waals surface area contributed by atoms with E-state index in [0.717, 1.165) is 0 Å². The monoisotopic (exact) mass is 231 g/mol. The van der Waals surface area contributed by atoms with Crippen LogP contribution in [0.1, 0.15) is 23.4 Å². The number of rotatable bonds is 3. The molecule has 0 aliphatic heterocycles. The van der Waals surface area contributed by atoms with Crippen molar-refractivity contribution in [3.8, 4) is 11.1 Å². The molecule has 1 N–H and O–H groups in total. The van der Waals surface area contributed by atoms with Crippen molar-refractivity contribution >= 4 is 11.3 Å². The number of hydrogen-bond acceptors (Lipinski definition) is 2. The number of nitrogens with one attached hydrogen (secondary N) is 1. The predicted octanol–water partition coefficient (Wildman–Crippen LogP) is 4.00. The first-order valence-electron chi connectivity index (χ1n) is 5.54. The van der Waals surface area contributed by atoms with E-state index >= 15 is 0 Å². The van der Waals surface area contributed by atoms with Crippen molar-refractivity contribution < 1.29 is 0 Å². The van der Waals surface area contributed by atoms with E-state index in [-0.39, 0.29) is 0 Å². The number of hydrogen-bond donors (Lipinski definition) is 1. The van der Waals surface area contributed by atoms with Gasteiger partial charge in [0, 0.05) is 10.9 Å². The lowest BCUT2D eigenvalue weighted by Crippen LogP contribution is -2.13. The molecule has 1 aromatic carbocycles. The highest BCUT2D eigenvalue weighted by Gasteiger charge is 2.10. The molecule has 84 valence electrons. The third-order valence-corrected chi connectivity index (χ3v) is 3.76. The first-order valence-corrected chi connectivity index (χ1v) is 6.42. The van der Waals surface area contributed by atoms with E-state index < -0.39 is 0 Å². The Morgan fingerprint density at radius 3 is 2.62 bits per heavy atom. The molecule has 0 aliphatic carbocycles. The highest BCUT2D eigenvalue weighted by molar-refractivity contribution is 7.10. The summed E-state index contributed by atoms with van der Waals surface area (Å²) in [7, 11) is 2.00. The number of aryl methyl sites for hydroxylation is 1. The Bertz CT molecular complexity index is 473. The Hall–Kier alpha value is -1.12. The number of thiophene rings is 1. The third-order valence-electron chi connectivity index (χ3n) is 2.90. The summed E-state index contributed by atoms with van der Waals surface area (Å²) in [5, 5.41) is 5.53. The van der Waals surface area contributed by atoms with Crippen LogP contribution < -0.4 is 5.32 Å². The van der Waals surface area contributed by atoms with Gasteiger partial charge in [-0.25, -0.2) is 0 Å². The van der Waals surface area contributed by atoms with Gasteiger partial charge in [0.1, 0.15) is 0 Å². The van der Waals surface area contributed by atoms with E-state index in [2.05, 4.69) is 54.9 Å². The highest BCUT2D eigenvalue weighted by Crippen LogP contribution is 2.30. The standard InChI is InChI=1S/C14H17NS/c1-10-8-12(9-16-10)14-7-5-4-6-13(14)11(2)15-3/h4-9,11,15H,1-3H3. The largest absolute Gasteiger partial charge is 0.313 e. The summed E-state index contributed by atoms with van der Waals surface area (Å²) in [6, 6.07) is 11.2. The molecule has 0 saturated heterocycles. The van der Waals surface area contributed by atoms with Crippen LogP contribution in [0.15, 0.2) is 35.7 Å². The lowest BCUT2D eigenvalue weighted by molar-refractivity contribution is 0.654. The quantitative estimate of drug-likeness (QED) is 0.841. The van der Waals surface area contributed by atoms with Crippen molar-refractivity contribution in [1.29, 1.82) is 0 Å². The minimum absolute atomic E-state index is 0.386. The molecule has 0 amide bonds. The second-order valence-electron chi connectivity index (χ2n) is 4.04. The van der Waals surface area contributed by atoms with Gasteiger partial charge in [-0.3, -0.25) is 0 Å². The topological polar surface area (TPSA) is 12.0 Å². The van der Waals surface area contributed by atoms with E-state index in [9.17, 15) is 0 Å². The van der Waals surface area contributed by atoms with Gasteiger partial charge in [0.15, 0.2) is 0 Å². The summed E-state index contributed by atoms with van der Waals surface area (Å²) < 4.78 is 0. The molecule has 0 fully saturated rings. The minimum atomic E-state index is 0.386. The maximum Gasteiger partial charge on any atom is 0.0295 e. The molecule has 0 radical (unpaired) electrons. The van der Waals surface area contributed by atoms with Gasteiger partial charge in [-0.15, -0.1) is 11.3 Å². The molecular formula is C14H17NS. The van der Waals surface area contributed by atoms with Crippen LogP contribution in [0.5, 0.6) is 0 Å². The summed E-state index contributed by atoms with van der Waals surface area (Å²) >= 11 is 1.81. The van der Waals surface area contributed by atoms with Gasteiger partial charge in [-0.05, 0) is 49.0 Å². The fraction of sp³-hybridized carbons (Fsp3) is 0.286. The molecule has 1 heterocycles. The van der Waals surface area contributed by atoms with Crippen molar-refractivity contribution in [3.63, 3.8) is 0 Å². The Morgan fingerprint density at radius 2 is 2.00 bits per heavy atom. The maximum atomic E-state index is 3.30. The first-order chi connectivity index (χ1) is 7.72. The molecule has 2 rings (SSSR count). The molecule has 1 atom stereocenters. The van der Waals surface area contributed by atoms with Crippen LogP contribution in [0.3, 0.4) is 0 Å². The van der Waals surface area contributed by atoms with Gasteiger partial charge in [-0.2, -0.15) is 0 Å². The Morgan fingerprint density at radius 1 is 1.25 bits per heavy atom. The van der Waals surface area contributed by atoms with Crippen LogP contribution in [0.2, 0.25) is 0 Å². The van der Waals surface area contributed by atoms with Crippen LogP contribution in [0.25, 0.3) is 11.1 Å². The van der Waals surface area contributed by atoms with Crippen molar-refractivity contribution in [1.82, 2.24) is 5.32 Å². The van der Waals surface area contributed by atoms with Crippen LogP contribution in [-0.2, 0) is 0 Å². The van der Waals surface area contributed by atoms with Gasteiger partial charge >= 0.3 is 0 Å². The van der Waals surface area contributed by atoms with E-state index in [4.69, 9.17) is 0 Å². The Labute approximate surface area is 101 Å². The molecule has 0 aliphatic rings. The summed E-state index contributed by atoms with van der Waals surface area (Å²) in [4.78, 5) is 1.36. The molecule has 1 nitrogen and oxygen atoms in total. The highest BCUT2D eigenvalue weighted by atomic mass is 32.1. The second kappa shape index (κ2) is 4.81. The van der Waals surface area contributed by atoms with Crippen molar-refractivity contribution in [2.75, 3.05) is 7.05 Å². The lowest BCUT2D eigenvalue weighted by atomic mass is 9.97. The van der Waals surface area contributed by atoms with Gasteiger partial charge in [0.05, 0.1) is 0 Å². The van der Waals surface area contributed by atoms with E-state index in [1.165, 1.54) is 21.6 Å². The molecule has 0 bridgehead atoms. The first kappa shape index (κ1) is 11.4. The predicted molar refractivity (Wildman–Crippen MR) is 72.0 cm³/mol. The molecule has 0 saturated carbocycles. The van der Waals surface area contributed by atoms with Crippen molar-refractivity contribution in [3.05, 3.63) is 46.2 Å². The minimum Gasteiger partial charge on any atom is -0.313 e. The molecular weight excluding hydrogens is 214 g/mol. The van der Waals surface area contributed by atoms with Gasteiger partial charge < -0.3 is 5.32 Å². The lowest BCUT2D eigenvalue weighted by Gasteiger charge is -2.14. The Kier molecular flexibility index (Phi) is 3.42. The Balaban J connectivity index is 2.48. The van der Waals surface area contributed by atoms with E-state index in [1.54, 1.807) is 11.3 Å². The molecule has 1 unspecified atom stereocenters. The summed E-state index contributed by atoms with van der Waals surface area (Å²) in [5.74, 6) is 0. The maximum absolute atomic E-state index is 3.30. The zero-order valence-corrected chi connectivity index (χ0v) is 10.8. The van der Waals surface area contributed by atoms with Crippen LogP contribution in [0.4, 0.5) is 0 Å². The van der Waals surface area contributed by atoms with Gasteiger partial charge in [0.2, 0.25) is 0 Å². The summed E-state index contributed by atoms with van der Waals surface area (Å²) in [5.41, 5.74) is 4.04. The molecule has 16 heavy (non-hydrogen) atoms. The van der Waals surface area contributed by atoms with Crippen molar-refractivity contribution in [2.45, 2.75) is 19.9 Å². The zero-order chi connectivity index (χ0) is 11.5. The second-order valence-corrected chi connectivity index (χ2v) is 5.16. The SMILES string of the molecule is CNC(C)c1ccccc1-c1csc(C)c1. The molecule has 0 spiro atoms.